The third-order valence-corrected chi connectivity index (χ3v) is 1.41. The Morgan fingerprint density at radius 3 is 2.57 bits per heavy atom. The van der Waals surface area contributed by atoms with Gasteiger partial charge in [0.2, 0.25) is 0 Å². The van der Waals surface area contributed by atoms with Gasteiger partial charge in [-0.05, 0) is 6.07 Å². The summed E-state index contributed by atoms with van der Waals surface area (Å²) < 4.78 is 40.3. The second kappa shape index (κ2) is 3.87. The van der Waals surface area contributed by atoms with Crippen LogP contribution >= 0.6 is 0 Å². The van der Waals surface area contributed by atoms with Crippen LogP contribution in [0.4, 0.5) is 18.9 Å². The van der Waals surface area contributed by atoms with Gasteiger partial charge in [0.1, 0.15) is 0 Å². The molecule has 0 spiro atoms. The number of rotatable bonds is 2. The van der Waals surface area contributed by atoms with E-state index < -0.39 is 23.9 Å². The normalized spacial score (nSPS) is 9.93. The van der Waals surface area contributed by atoms with Crippen molar-refractivity contribution in [3.63, 3.8) is 0 Å². The van der Waals surface area contributed by atoms with Crippen molar-refractivity contribution in [2.75, 3.05) is 5.73 Å². The van der Waals surface area contributed by atoms with Gasteiger partial charge in [0.05, 0.1) is 17.3 Å². The van der Waals surface area contributed by atoms with Crippen LogP contribution < -0.4 is 10.5 Å². The Bertz CT molecular complexity index is 387. The summed E-state index contributed by atoms with van der Waals surface area (Å²) in [5.74, 6) is -1.82. The zero-order chi connectivity index (χ0) is 10.7. The number of benzene rings is 1. The lowest BCUT2D eigenvalue weighted by molar-refractivity contribution is -0.0521. The minimum absolute atomic E-state index is 0.0421. The summed E-state index contributed by atoms with van der Waals surface area (Å²) in [5.41, 5.74) is 4.68. The average molecular weight is 202 g/mol. The first kappa shape index (κ1) is 10.2. The Hall–Kier alpha value is -1.90. The van der Waals surface area contributed by atoms with Gasteiger partial charge in [-0.1, -0.05) is 0 Å². The molecule has 2 N–H and O–H groups in total. The van der Waals surface area contributed by atoms with E-state index in [9.17, 15) is 13.2 Å². The van der Waals surface area contributed by atoms with Crippen LogP contribution in [-0.2, 0) is 0 Å². The Morgan fingerprint density at radius 2 is 2.07 bits per heavy atom. The van der Waals surface area contributed by atoms with Crippen LogP contribution in [0.15, 0.2) is 12.1 Å². The van der Waals surface area contributed by atoms with Gasteiger partial charge in [-0.2, -0.15) is 14.0 Å². The molecule has 0 radical (unpaired) electrons. The van der Waals surface area contributed by atoms with Crippen molar-refractivity contribution in [3.05, 3.63) is 23.5 Å². The number of nitrogen functional groups attached to an aromatic ring is 1. The van der Waals surface area contributed by atoms with Gasteiger partial charge in [-0.15, -0.1) is 0 Å². The fraction of sp³-hybridized carbons (Fsp3) is 0.125. The molecule has 74 valence electrons. The number of anilines is 1. The molecule has 0 saturated heterocycles. The lowest BCUT2D eigenvalue weighted by Crippen LogP contribution is -2.05. The number of hydrogen-bond donors (Lipinski definition) is 1. The molecule has 0 amide bonds. The van der Waals surface area contributed by atoms with Gasteiger partial charge in [-0.25, -0.2) is 4.39 Å². The van der Waals surface area contributed by atoms with Crippen molar-refractivity contribution in [2.24, 2.45) is 0 Å². The summed E-state index contributed by atoms with van der Waals surface area (Å²) in [6.07, 6.45) is 0. The molecule has 0 aliphatic rings. The van der Waals surface area contributed by atoms with Crippen molar-refractivity contribution in [1.29, 1.82) is 5.26 Å². The highest BCUT2D eigenvalue weighted by Gasteiger charge is 2.13. The Labute approximate surface area is 77.5 Å². The second-order valence-corrected chi connectivity index (χ2v) is 2.37. The highest BCUT2D eigenvalue weighted by molar-refractivity contribution is 5.52. The SMILES string of the molecule is N#Cc1cc(N)c(F)c(OC(F)F)c1. The Balaban J connectivity index is 3.15. The molecule has 14 heavy (non-hydrogen) atoms. The Kier molecular flexibility index (Phi) is 2.82. The number of alkyl halides is 2. The molecule has 0 aliphatic carbocycles. The molecule has 1 aromatic rings. The molecule has 0 heterocycles. The predicted molar refractivity (Wildman–Crippen MR) is 42.2 cm³/mol. The minimum Gasteiger partial charge on any atom is -0.432 e. The van der Waals surface area contributed by atoms with Gasteiger partial charge >= 0.3 is 6.61 Å². The van der Waals surface area contributed by atoms with E-state index in [1.165, 1.54) is 0 Å². The second-order valence-electron chi connectivity index (χ2n) is 2.37. The molecule has 0 atom stereocenters. The van der Waals surface area contributed by atoms with E-state index in [0.717, 1.165) is 12.1 Å². The van der Waals surface area contributed by atoms with E-state index in [-0.39, 0.29) is 5.56 Å². The predicted octanol–water partition coefficient (Wildman–Crippen LogP) is 1.88. The van der Waals surface area contributed by atoms with Crippen LogP contribution in [0.25, 0.3) is 0 Å². The maximum absolute atomic E-state index is 13.0. The van der Waals surface area contributed by atoms with Crippen LogP contribution in [0.2, 0.25) is 0 Å². The van der Waals surface area contributed by atoms with Gasteiger partial charge in [0.25, 0.3) is 0 Å². The van der Waals surface area contributed by atoms with Gasteiger partial charge in [0.15, 0.2) is 11.6 Å². The number of halogens is 3. The lowest BCUT2D eigenvalue weighted by atomic mass is 10.2. The first-order chi connectivity index (χ1) is 6.54. The molecule has 6 heteroatoms. The molecule has 3 nitrogen and oxygen atoms in total. The van der Waals surface area contributed by atoms with Crippen LogP contribution in [0.1, 0.15) is 5.56 Å². The number of nitrogens with two attached hydrogens (primary N) is 1. The van der Waals surface area contributed by atoms with Crippen LogP contribution in [0.3, 0.4) is 0 Å². The third kappa shape index (κ3) is 2.07. The highest BCUT2D eigenvalue weighted by atomic mass is 19.3. The lowest BCUT2D eigenvalue weighted by Gasteiger charge is -2.07. The summed E-state index contributed by atoms with van der Waals surface area (Å²) >= 11 is 0. The summed E-state index contributed by atoms with van der Waals surface area (Å²) in [6.45, 7) is -3.15. The molecule has 0 aromatic heterocycles. The fourth-order valence-electron chi connectivity index (χ4n) is 0.866. The summed E-state index contributed by atoms with van der Waals surface area (Å²) in [5, 5.41) is 8.44. The Morgan fingerprint density at radius 1 is 1.43 bits per heavy atom. The van der Waals surface area contributed by atoms with Gasteiger partial charge in [0, 0.05) is 6.07 Å². The molecule has 0 unspecified atom stereocenters. The van der Waals surface area contributed by atoms with Crippen LogP contribution in [0, 0.1) is 17.1 Å². The number of nitrogens with zero attached hydrogens (tertiary/aromatic N) is 1. The smallest absolute Gasteiger partial charge is 0.387 e. The van der Waals surface area contributed by atoms with Crippen molar-refractivity contribution in [3.8, 4) is 11.8 Å². The van der Waals surface area contributed by atoms with Crippen LogP contribution in [0.5, 0.6) is 5.75 Å². The summed E-state index contributed by atoms with van der Waals surface area (Å²) in [4.78, 5) is 0. The topological polar surface area (TPSA) is 59.0 Å². The maximum Gasteiger partial charge on any atom is 0.387 e. The molecular weight excluding hydrogens is 197 g/mol. The highest BCUT2D eigenvalue weighted by Crippen LogP contribution is 2.25. The molecule has 0 fully saturated rings. The molecule has 0 aliphatic heterocycles. The monoisotopic (exact) mass is 202 g/mol. The van der Waals surface area contributed by atoms with Crippen molar-refractivity contribution >= 4 is 5.69 Å². The fourth-order valence-corrected chi connectivity index (χ4v) is 0.866. The third-order valence-electron chi connectivity index (χ3n) is 1.41. The molecule has 1 rings (SSSR count). The van der Waals surface area contributed by atoms with E-state index >= 15 is 0 Å². The standard InChI is InChI=1S/C8H5F3N2O/c9-7-5(13)1-4(3-12)2-6(7)14-8(10)11/h1-2,8H,13H2. The zero-order valence-electron chi connectivity index (χ0n) is 6.80. The zero-order valence-corrected chi connectivity index (χ0v) is 6.80. The molecular formula is C8H5F3N2O. The van der Waals surface area contributed by atoms with Crippen molar-refractivity contribution in [1.82, 2.24) is 0 Å². The molecule has 1 aromatic carbocycles. The van der Waals surface area contributed by atoms with E-state index in [4.69, 9.17) is 11.0 Å². The van der Waals surface area contributed by atoms with Gasteiger partial charge in [-0.3, -0.25) is 0 Å². The number of hydrogen-bond acceptors (Lipinski definition) is 3. The van der Waals surface area contributed by atoms with Crippen LogP contribution in [-0.4, -0.2) is 6.61 Å². The summed E-state index contributed by atoms with van der Waals surface area (Å²) in [6, 6.07) is 3.53. The van der Waals surface area contributed by atoms with Crippen molar-refractivity contribution < 1.29 is 17.9 Å². The van der Waals surface area contributed by atoms with E-state index in [0.29, 0.717) is 0 Å². The summed E-state index contributed by atoms with van der Waals surface area (Å²) in [7, 11) is 0. The quantitative estimate of drug-likeness (QED) is 0.745. The minimum atomic E-state index is -3.15. The molecule has 0 bridgehead atoms. The first-order valence-corrected chi connectivity index (χ1v) is 3.48. The first-order valence-electron chi connectivity index (χ1n) is 3.48. The molecule has 0 saturated carbocycles. The van der Waals surface area contributed by atoms with Gasteiger partial charge < -0.3 is 10.5 Å². The van der Waals surface area contributed by atoms with E-state index in [1.54, 1.807) is 6.07 Å². The number of ether oxygens (including phenoxy) is 1. The van der Waals surface area contributed by atoms with E-state index in [2.05, 4.69) is 4.74 Å². The maximum atomic E-state index is 13.0. The largest absolute Gasteiger partial charge is 0.432 e. The van der Waals surface area contributed by atoms with E-state index in [1.807, 2.05) is 0 Å². The number of nitriles is 1. The van der Waals surface area contributed by atoms with Crippen molar-refractivity contribution in [2.45, 2.75) is 6.61 Å². The average Bonchev–Trinajstić information content (AvgIpc) is 2.11.